The van der Waals surface area contributed by atoms with Gasteiger partial charge in [0, 0.05) is 5.92 Å². The number of carbonyl (C=O) groups excluding carboxylic acids is 1. The minimum absolute atomic E-state index is 0.00447. The number of benzene rings is 3. The quantitative estimate of drug-likeness (QED) is 0.548. The molecule has 136 valence electrons. The van der Waals surface area contributed by atoms with Gasteiger partial charge in [-0.2, -0.15) is 0 Å². The van der Waals surface area contributed by atoms with E-state index in [2.05, 4.69) is 42.5 Å². The van der Waals surface area contributed by atoms with Crippen LogP contribution in [0.3, 0.4) is 0 Å². The zero-order valence-corrected chi connectivity index (χ0v) is 15.4. The molecule has 0 aliphatic heterocycles. The molecule has 3 aromatic carbocycles. The molecule has 0 radical (unpaired) electrons. The summed E-state index contributed by atoms with van der Waals surface area (Å²) in [5.74, 6) is 0.267. The van der Waals surface area contributed by atoms with Gasteiger partial charge < -0.3 is 4.74 Å². The summed E-state index contributed by atoms with van der Waals surface area (Å²) in [4.78, 5) is 12.9. The standard InChI is InChI=1S/C25H24O2/c26-24(27-17-18-7-2-1-3-8-18)22-16-25(13-6-14-25)23(22)21-12-11-19-9-4-5-10-20(19)15-21/h1-5,7-12,15,22-23H,6,13-14,16-17H2. The SMILES string of the molecule is O=C(OCc1ccccc1)C1CC2(CCC2)C1c1ccc2ccccc2c1. The monoisotopic (exact) mass is 356 g/mol. The average molecular weight is 356 g/mol. The number of hydrogen-bond acceptors (Lipinski definition) is 2. The smallest absolute Gasteiger partial charge is 0.309 e. The predicted octanol–water partition coefficient (Wildman–Crippen LogP) is 5.86. The fourth-order valence-corrected chi connectivity index (χ4v) is 5.14. The first-order valence-electron chi connectivity index (χ1n) is 9.94. The molecule has 2 aliphatic carbocycles. The highest BCUT2D eigenvalue weighted by atomic mass is 16.5. The van der Waals surface area contributed by atoms with Crippen LogP contribution < -0.4 is 0 Å². The van der Waals surface area contributed by atoms with E-state index in [1.54, 1.807) is 0 Å². The molecule has 0 amide bonds. The lowest BCUT2D eigenvalue weighted by molar-refractivity contribution is -0.167. The summed E-state index contributed by atoms with van der Waals surface area (Å²) >= 11 is 0. The van der Waals surface area contributed by atoms with E-state index >= 15 is 0 Å². The highest BCUT2D eigenvalue weighted by Crippen LogP contribution is 2.67. The largest absolute Gasteiger partial charge is 0.461 e. The van der Waals surface area contributed by atoms with Crippen LogP contribution in [0.4, 0.5) is 0 Å². The number of esters is 1. The van der Waals surface area contributed by atoms with Crippen molar-refractivity contribution < 1.29 is 9.53 Å². The number of fused-ring (bicyclic) bond motifs is 1. The number of ether oxygens (including phenoxy) is 1. The van der Waals surface area contributed by atoms with Crippen LogP contribution in [0.15, 0.2) is 72.8 Å². The van der Waals surface area contributed by atoms with E-state index in [0.717, 1.165) is 12.0 Å². The molecule has 2 heteroatoms. The van der Waals surface area contributed by atoms with Crippen molar-refractivity contribution in [3.05, 3.63) is 83.9 Å². The van der Waals surface area contributed by atoms with Gasteiger partial charge in [-0.05, 0) is 46.6 Å². The van der Waals surface area contributed by atoms with Gasteiger partial charge in [0.1, 0.15) is 6.61 Å². The molecule has 0 N–H and O–H groups in total. The third kappa shape index (κ3) is 2.84. The Balaban J connectivity index is 1.38. The second-order valence-electron chi connectivity index (χ2n) is 8.20. The average Bonchev–Trinajstić information content (AvgIpc) is 2.65. The molecular weight excluding hydrogens is 332 g/mol. The number of rotatable bonds is 4. The van der Waals surface area contributed by atoms with E-state index in [1.807, 2.05) is 30.3 Å². The van der Waals surface area contributed by atoms with Gasteiger partial charge in [0.05, 0.1) is 5.92 Å². The van der Waals surface area contributed by atoms with Crippen molar-refractivity contribution >= 4 is 16.7 Å². The molecule has 0 bridgehead atoms. The van der Waals surface area contributed by atoms with Crippen molar-refractivity contribution in [1.82, 2.24) is 0 Å². The van der Waals surface area contributed by atoms with Gasteiger partial charge in [-0.3, -0.25) is 4.79 Å². The number of carbonyl (C=O) groups is 1. The lowest BCUT2D eigenvalue weighted by Gasteiger charge is -2.60. The van der Waals surface area contributed by atoms with E-state index in [1.165, 1.54) is 35.6 Å². The molecule has 5 rings (SSSR count). The van der Waals surface area contributed by atoms with Gasteiger partial charge in [0.15, 0.2) is 0 Å². The van der Waals surface area contributed by atoms with Gasteiger partial charge in [-0.15, -0.1) is 0 Å². The highest BCUT2D eigenvalue weighted by Gasteiger charge is 2.59. The van der Waals surface area contributed by atoms with Gasteiger partial charge in [0.2, 0.25) is 0 Å². The van der Waals surface area contributed by atoms with Crippen LogP contribution in [-0.4, -0.2) is 5.97 Å². The van der Waals surface area contributed by atoms with E-state index < -0.39 is 0 Å². The molecule has 2 nitrogen and oxygen atoms in total. The Bertz CT molecular complexity index is 972. The second-order valence-corrected chi connectivity index (χ2v) is 8.20. The summed E-state index contributed by atoms with van der Waals surface area (Å²) in [5, 5.41) is 2.51. The maximum absolute atomic E-state index is 12.9. The molecule has 0 heterocycles. The fourth-order valence-electron chi connectivity index (χ4n) is 5.14. The zero-order valence-electron chi connectivity index (χ0n) is 15.4. The lowest BCUT2D eigenvalue weighted by Crippen LogP contribution is -2.53. The first-order chi connectivity index (χ1) is 13.3. The predicted molar refractivity (Wildman–Crippen MR) is 107 cm³/mol. The first-order valence-corrected chi connectivity index (χ1v) is 9.94. The van der Waals surface area contributed by atoms with Crippen LogP contribution >= 0.6 is 0 Å². The lowest BCUT2D eigenvalue weighted by atomic mass is 9.44. The molecule has 27 heavy (non-hydrogen) atoms. The zero-order chi connectivity index (χ0) is 18.3. The maximum Gasteiger partial charge on any atom is 0.309 e. The minimum Gasteiger partial charge on any atom is -0.461 e. The van der Waals surface area contributed by atoms with Crippen LogP contribution in [0.2, 0.25) is 0 Å². The van der Waals surface area contributed by atoms with E-state index in [4.69, 9.17) is 4.74 Å². The van der Waals surface area contributed by atoms with Crippen molar-refractivity contribution in [3.8, 4) is 0 Å². The molecule has 2 unspecified atom stereocenters. The minimum atomic E-state index is -0.0328. The molecule has 1 spiro atoms. The van der Waals surface area contributed by atoms with Crippen LogP contribution in [-0.2, 0) is 16.1 Å². The molecule has 2 saturated carbocycles. The van der Waals surface area contributed by atoms with Crippen molar-refractivity contribution in [2.75, 3.05) is 0 Å². The number of hydrogen-bond donors (Lipinski definition) is 0. The molecular formula is C25H24O2. The molecule has 2 aliphatic rings. The Labute approximate surface area is 160 Å². The summed E-state index contributed by atoms with van der Waals surface area (Å²) in [6, 6.07) is 25.1. The van der Waals surface area contributed by atoms with Gasteiger partial charge >= 0.3 is 5.97 Å². The van der Waals surface area contributed by atoms with Crippen molar-refractivity contribution in [2.45, 2.75) is 38.2 Å². The summed E-state index contributed by atoms with van der Waals surface area (Å²) in [6.07, 6.45) is 4.76. The summed E-state index contributed by atoms with van der Waals surface area (Å²) in [7, 11) is 0. The van der Waals surface area contributed by atoms with E-state index in [-0.39, 0.29) is 11.9 Å². The Morgan fingerprint density at radius 1 is 0.926 bits per heavy atom. The van der Waals surface area contributed by atoms with Gasteiger partial charge in [-0.1, -0.05) is 79.2 Å². The molecule has 3 aromatic rings. The van der Waals surface area contributed by atoms with Crippen molar-refractivity contribution in [2.24, 2.45) is 11.3 Å². The summed E-state index contributed by atoms with van der Waals surface area (Å²) in [6.45, 7) is 0.369. The topological polar surface area (TPSA) is 26.3 Å². The molecule has 0 saturated heterocycles. The third-order valence-corrected chi connectivity index (χ3v) is 6.70. The highest BCUT2D eigenvalue weighted by molar-refractivity contribution is 5.84. The summed E-state index contributed by atoms with van der Waals surface area (Å²) < 4.78 is 5.69. The van der Waals surface area contributed by atoms with E-state index in [9.17, 15) is 4.79 Å². The Kier molecular flexibility index (Phi) is 4.00. The summed E-state index contributed by atoms with van der Waals surface area (Å²) in [5.41, 5.74) is 2.69. The molecule has 2 fully saturated rings. The first kappa shape index (κ1) is 16.6. The Hall–Kier alpha value is -2.61. The van der Waals surface area contributed by atoms with Crippen LogP contribution in [0.1, 0.15) is 42.7 Å². The second kappa shape index (κ2) is 6.53. The van der Waals surface area contributed by atoms with E-state index in [0.29, 0.717) is 17.9 Å². The van der Waals surface area contributed by atoms with Crippen molar-refractivity contribution in [1.29, 1.82) is 0 Å². The van der Waals surface area contributed by atoms with Crippen LogP contribution in [0.25, 0.3) is 10.8 Å². The van der Waals surface area contributed by atoms with Crippen LogP contribution in [0, 0.1) is 11.3 Å². The fraction of sp³-hybridized carbons (Fsp3) is 0.320. The molecule has 0 aromatic heterocycles. The van der Waals surface area contributed by atoms with Crippen molar-refractivity contribution in [3.63, 3.8) is 0 Å². The Morgan fingerprint density at radius 2 is 1.67 bits per heavy atom. The normalized spacial score (nSPS) is 22.8. The van der Waals surface area contributed by atoms with Gasteiger partial charge in [0.25, 0.3) is 0 Å². The van der Waals surface area contributed by atoms with Crippen LogP contribution in [0.5, 0.6) is 0 Å². The maximum atomic E-state index is 12.9. The third-order valence-electron chi connectivity index (χ3n) is 6.70. The van der Waals surface area contributed by atoms with Gasteiger partial charge in [-0.25, -0.2) is 0 Å². The Morgan fingerprint density at radius 3 is 2.41 bits per heavy atom. The molecule has 2 atom stereocenters.